The lowest BCUT2D eigenvalue weighted by molar-refractivity contribution is 0.647. The average molecular weight is 436 g/mol. The Morgan fingerprint density at radius 2 is 1.64 bits per heavy atom. The highest BCUT2D eigenvalue weighted by Crippen LogP contribution is 2.17. The molecule has 1 aromatic heterocycles. The van der Waals surface area contributed by atoms with Crippen LogP contribution in [0.15, 0.2) is 77.1 Å². The van der Waals surface area contributed by atoms with E-state index in [2.05, 4.69) is 52.8 Å². The van der Waals surface area contributed by atoms with Crippen molar-refractivity contribution in [2.45, 2.75) is 19.3 Å². The highest BCUT2D eigenvalue weighted by Gasteiger charge is 2.01. The molecule has 0 atom stereocenters. The predicted octanol–water partition coefficient (Wildman–Crippen LogP) is 5.39. The average Bonchev–Trinajstić information content (AvgIpc) is 3.21. The van der Waals surface area contributed by atoms with Crippen LogP contribution < -0.4 is 11.1 Å². The van der Waals surface area contributed by atoms with Gasteiger partial charge >= 0.3 is 0 Å². The van der Waals surface area contributed by atoms with Crippen LogP contribution in [0, 0.1) is 0 Å². The third-order valence-electron chi connectivity index (χ3n) is 4.19. The number of nitrogens with zero attached hydrogens (tertiary/aromatic N) is 1. The number of rotatable bonds is 9. The number of nitrogens with two attached hydrogens (primary N) is 1. The Balaban J connectivity index is 0.00000196. The molecule has 1 heterocycles. The molecule has 3 rings (SSSR count). The standard InChI is InChI=1S/C22H25N3S.2ClH/c23-22(21-12-6-16-26-21)25-20-11-4-9-19(17-20)13-15-24-14-5-10-18-7-2-1-3-8-18;;/h1-4,6-9,11-12,16-17,24H,5,10,13-15H2,(H2,23,25);2*1H. The van der Waals surface area contributed by atoms with Crippen LogP contribution in [0.5, 0.6) is 0 Å². The van der Waals surface area contributed by atoms with Crippen molar-refractivity contribution in [2.24, 2.45) is 10.7 Å². The zero-order valence-corrected chi connectivity index (χ0v) is 18.2. The second-order valence-corrected chi connectivity index (χ2v) is 7.18. The Morgan fingerprint density at radius 1 is 0.857 bits per heavy atom. The number of aliphatic imine (C=N–C) groups is 1. The molecule has 0 amide bonds. The van der Waals surface area contributed by atoms with Crippen molar-refractivity contribution >= 4 is 47.7 Å². The van der Waals surface area contributed by atoms with E-state index in [1.807, 2.05) is 29.6 Å². The SMILES string of the molecule is Cl.Cl.NC(=Nc1cccc(CCNCCCc2ccccc2)c1)c1cccs1. The van der Waals surface area contributed by atoms with Crippen LogP contribution in [0.1, 0.15) is 22.4 Å². The van der Waals surface area contributed by atoms with Gasteiger partial charge in [-0.3, -0.25) is 0 Å². The maximum absolute atomic E-state index is 6.07. The molecule has 3 nitrogen and oxygen atoms in total. The first-order valence-corrected chi connectivity index (χ1v) is 9.91. The van der Waals surface area contributed by atoms with Gasteiger partial charge in [-0.2, -0.15) is 0 Å². The summed E-state index contributed by atoms with van der Waals surface area (Å²) in [5, 5.41) is 5.54. The molecule has 2 aromatic carbocycles. The monoisotopic (exact) mass is 435 g/mol. The minimum absolute atomic E-state index is 0. The van der Waals surface area contributed by atoms with Crippen LogP contribution in [0.25, 0.3) is 0 Å². The number of nitrogens with one attached hydrogen (secondary N) is 1. The molecule has 0 aliphatic carbocycles. The smallest absolute Gasteiger partial charge is 0.141 e. The van der Waals surface area contributed by atoms with E-state index in [1.54, 1.807) is 11.3 Å². The molecule has 28 heavy (non-hydrogen) atoms. The van der Waals surface area contributed by atoms with Gasteiger partial charge in [-0.1, -0.05) is 48.5 Å². The van der Waals surface area contributed by atoms with Crippen molar-refractivity contribution in [1.82, 2.24) is 5.32 Å². The van der Waals surface area contributed by atoms with E-state index in [9.17, 15) is 0 Å². The van der Waals surface area contributed by atoms with Gasteiger partial charge in [-0.05, 0) is 67.1 Å². The molecule has 6 heteroatoms. The maximum Gasteiger partial charge on any atom is 0.141 e. The number of hydrogen-bond acceptors (Lipinski definition) is 3. The van der Waals surface area contributed by atoms with Gasteiger partial charge in [0.05, 0.1) is 10.6 Å². The summed E-state index contributed by atoms with van der Waals surface area (Å²) in [6.45, 7) is 2.01. The zero-order valence-electron chi connectivity index (χ0n) is 15.7. The molecule has 0 unspecified atom stereocenters. The van der Waals surface area contributed by atoms with Crippen LogP contribution in [0.3, 0.4) is 0 Å². The summed E-state index contributed by atoms with van der Waals surface area (Å²) >= 11 is 1.61. The Labute approximate surface area is 183 Å². The molecule has 0 saturated heterocycles. The highest BCUT2D eigenvalue weighted by molar-refractivity contribution is 7.12. The van der Waals surface area contributed by atoms with Crippen LogP contribution in [-0.2, 0) is 12.8 Å². The summed E-state index contributed by atoms with van der Waals surface area (Å²) in [5.41, 5.74) is 9.67. The summed E-state index contributed by atoms with van der Waals surface area (Å²) in [6, 6.07) is 22.9. The van der Waals surface area contributed by atoms with E-state index < -0.39 is 0 Å². The minimum Gasteiger partial charge on any atom is -0.383 e. The number of amidine groups is 1. The molecular weight excluding hydrogens is 409 g/mol. The van der Waals surface area contributed by atoms with E-state index in [-0.39, 0.29) is 24.8 Å². The number of benzene rings is 2. The molecule has 3 aromatic rings. The summed E-state index contributed by atoms with van der Waals surface area (Å²) in [7, 11) is 0. The van der Waals surface area contributed by atoms with E-state index in [0.29, 0.717) is 5.84 Å². The Hall–Kier alpha value is -1.85. The zero-order chi connectivity index (χ0) is 18.0. The van der Waals surface area contributed by atoms with Crippen molar-refractivity contribution in [3.8, 4) is 0 Å². The van der Waals surface area contributed by atoms with Gasteiger partial charge < -0.3 is 11.1 Å². The van der Waals surface area contributed by atoms with Crippen molar-refractivity contribution in [3.63, 3.8) is 0 Å². The van der Waals surface area contributed by atoms with E-state index in [0.717, 1.165) is 42.9 Å². The fourth-order valence-corrected chi connectivity index (χ4v) is 3.45. The molecule has 0 aliphatic heterocycles. The van der Waals surface area contributed by atoms with Gasteiger partial charge in [-0.15, -0.1) is 36.2 Å². The van der Waals surface area contributed by atoms with Gasteiger partial charge in [0.15, 0.2) is 0 Å². The van der Waals surface area contributed by atoms with E-state index >= 15 is 0 Å². The van der Waals surface area contributed by atoms with Gasteiger partial charge in [0.25, 0.3) is 0 Å². The first-order chi connectivity index (χ1) is 12.8. The summed E-state index contributed by atoms with van der Waals surface area (Å²) in [4.78, 5) is 5.55. The minimum atomic E-state index is 0. The summed E-state index contributed by atoms with van der Waals surface area (Å²) < 4.78 is 0. The molecule has 0 fully saturated rings. The summed E-state index contributed by atoms with van der Waals surface area (Å²) in [6.07, 6.45) is 3.28. The van der Waals surface area contributed by atoms with Crippen molar-refractivity contribution in [3.05, 3.63) is 88.1 Å². The highest BCUT2D eigenvalue weighted by atomic mass is 35.5. The molecule has 0 saturated carbocycles. The largest absolute Gasteiger partial charge is 0.383 e. The van der Waals surface area contributed by atoms with Crippen LogP contribution in [0.2, 0.25) is 0 Å². The number of halogens is 2. The second kappa shape index (κ2) is 13.3. The van der Waals surface area contributed by atoms with Gasteiger partial charge in [0, 0.05) is 0 Å². The van der Waals surface area contributed by atoms with Gasteiger partial charge in [-0.25, -0.2) is 4.99 Å². The Kier molecular flexibility index (Phi) is 11.5. The van der Waals surface area contributed by atoms with Crippen molar-refractivity contribution in [1.29, 1.82) is 0 Å². The van der Waals surface area contributed by atoms with Crippen LogP contribution in [-0.4, -0.2) is 18.9 Å². The van der Waals surface area contributed by atoms with Gasteiger partial charge in [0.1, 0.15) is 5.84 Å². The Morgan fingerprint density at radius 3 is 2.39 bits per heavy atom. The first kappa shape index (κ1) is 24.2. The lowest BCUT2D eigenvalue weighted by Crippen LogP contribution is -2.19. The lowest BCUT2D eigenvalue weighted by atomic mass is 10.1. The first-order valence-electron chi connectivity index (χ1n) is 9.03. The normalized spacial score (nSPS) is 10.8. The molecular formula is C22H27Cl2N3S. The fourth-order valence-electron chi connectivity index (χ4n) is 2.82. The summed E-state index contributed by atoms with van der Waals surface area (Å²) in [5.74, 6) is 0.580. The topological polar surface area (TPSA) is 50.4 Å². The third-order valence-corrected chi connectivity index (χ3v) is 5.08. The maximum atomic E-state index is 6.07. The number of hydrogen-bond donors (Lipinski definition) is 2. The van der Waals surface area contributed by atoms with Crippen LogP contribution >= 0.6 is 36.2 Å². The second-order valence-electron chi connectivity index (χ2n) is 6.23. The predicted molar refractivity (Wildman–Crippen MR) is 127 cm³/mol. The Bertz CT molecular complexity index is 821. The van der Waals surface area contributed by atoms with Gasteiger partial charge in [0.2, 0.25) is 0 Å². The lowest BCUT2D eigenvalue weighted by Gasteiger charge is -2.06. The number of thiophene rings is 1. The molecule has 0 radical (unpaired) electrons. The van der Waals surface area contributed by atoms with Crippen molar-refractivity contribution in [2.75, 3.05) is 13.1 Å². The molecule has 0 bridgehead atoms. The molecule has 150 valence electrons. The number of aryl methyl sites for hydroxylation is 1. The van der Waals surface area contributed by atoms with E-state index in [4.69, 9.17) is 5.73 Å². The van der Waals surface area contributed by atoms with E-state index in [1.165, 1.54) is 11.1 Å². The fraction of sp³-hybridized carbons (Fsp3) is 0.227. The van der Waals surface area contributed by atoms with Crippen LogP contribution in [0.4, 0.5) is 5.69 Å². The quantitative estimate of drug-likeness (QED) is 0.268. The third kappa shape index (κ3) is 8.03. The molecule has 0 aliphatic rings. The molecule has 3 N–H and O–H groups in total. The molecule has 0 spiro atoms. The van der Waals surface area contributed by atoms with Crippen molar-refractivity contribution < 1.29 is 0 Å².